The van der Waals surface area contributed by atoms with Crippen molar-refractivity contribution in [1.29, 1.82) is 0 Å². The predicted molar refractivity (Wildman–Crippen MR) is 127 cm³/mol. The second-order valence-corrected chi connectivity index (χ2v) is 8.19. The molecule has 0 spiro atoms. The topological polar surface area (TPSA) is 66.5 Å². The van der Waals surface area contributed by atoms with Crippen LogP contribution in [0.1, 0.15) is 41.4 Å². The fourth-order valence-electron chi connectivity index (χ4n) is 4.13. The molecule has 3 aromatic rings. The van der Waals surface area contributed by atoms with E-state index in [0.29, 0.717) is 12.6 Å². The number of methoxy groups -OCH3 is 1. The number of rotatable bonds is 7. The fraction of sp³-hybridized carbons (Fsp3) is 0.308. The third kappa shape index (κ3) is 5.65. The Labute approximate surface area is 189 Å². The Hall–Kier alpha value is -3.38. The van der Waals surface area contributed by atoms with Crippen molar-refractivity contribution in [3.8, 4) is 5.75 Å². The van der Waals surface area contributed by atoms with Gasteiger partial charge in [0.15, 0.2) is 0 Å². The molecule has 1 atom stereocenters. The molecule has 1 saturated heterocycles. The lowest BCUT2D eigenvalue weighted by Crippen LogP contribution is -2.28. The Morgan fingerprint density at radius 2 is 1.81 bits per heavy atom. The van der Waals surface area contributed by atoms with Crippen molar-refractivity contribution in [3.05, 3.63) is 89.2 Å². The molecule has 2 heterocycles. The summed E-state index contributed by atoms with van der Waals surface area (Å²) < 4.78 is 5.15. The van der Waals surface area contributed by atoms with Crippen LogP contribution in [0.4, 0.5) is 10.5 Å². The minimum Gasteiger partial charge on any atom is -0.497 e. The molecule has 0 aliphatic carbocycles. The third-order valence-corrected chi connectivity index (χ3v) is 5.82. The summed E-state index contributed by atoms with van der Waals surface area (Å²) in [6, 6.07) is 22.1. The Morgan fingerprint density at radius 3 is 2.53 bits per heavy atom. The van der Waals surface area contributed by atoms with Gasteiger partial charge in [-0.2, -0.15) is 0 Å². The van der Waals surface area contributed by atoms with Crippen LogP contribution in [0.2, 0.25) is 0 Å². The number of carbonyl (C=O) groups excluding carboxylic acids is 1. The number of benzene rings is 2. The van der Waals surface area contributed by atoms with Gasteiger partial charge in [-0.05, 0) is 73.8 Å². The van der Waals surface area contributed by atoms with Crippen LogP contribution in [0.15, 0.2) is 66.7 Å². The minimum absolute atomic E-state index is 0.223. The fourth-order valence-corrected chi connectivity index (χ4v) is 4.13. The Kier molecular flexibility index (Phi) is 7.02. The lowest BCUT2D eigenvalue weighted by molar-refractivity contribution is 0.244. The quantitative estimate of drug-likeness (QED) is 0.550. The van der Waals surface area contributed by atoms with Gasteiger partial charge in [-0.15, -0.1) is 0 Å². The van der Waals surface area contributed by atoms with Crippen molar-refractivity contribution >= 4 is 11.7 Å². The van der Waals surface area contributed by atoms with E-state index >= 15 is 0 Å². The molecule has 6 heteroatoms. The highest BCUT2D eigenvalue weighted by atomic mass is 16.5. The molecule has 1 aromatic heterocycles. The van der Waals surface area contributed by atoms with E-state index in [2.05, 4.69) is 39.8 Å². The average molecular weight is 431 g/mol. The molecule has 0 bridgehead atoms. The summed E-state index contributed by atoms with van der Waals surface area (Å²) in [6.07, 6.45) is 2.33. The summed E-state index contributed by atoms with van der Waals surface area (Å²) >= 11 is 0. The summed E-state index contributed by atoms with van der Waals surface area (Å²) in [6.45, 7) is 4.46. The SMILES string of the molecule is COc1ccc(CNC(=O)Nc2ccc(CN3CCC[C@H]3c3cccc(C)n3)cc2)cc1. The third-order valence-electron chi connectivity index (χ3n) is 5.82. The van der Waals surface area contributed by atoms with Crippen molar-refractivity contribution in [3.63, 3.8) is 0 Å². The van der Waals surface area contributed by atoms with E-state index in [1.54, 1.807) is 7.11 Å². The summed E-state index contributed by atoms with van der Waals surface area (Å²) in [5.74, 6) is 0.800. The first kappa shape index (κ1) is 21.8. The van der Waals surface area contributed by atoms with Crippen molar-refractivity contribution < 1.29 is 9.53 Å². The molecule has 4 rings (SSSR count). The number of aryl methyl sites for hydroxylation is 1. The molecule has 0 radical (unpaired) electrons. The van der Waals surface area contributed by atoms with Gasteiger partial charge in [0.2, 0.25) is 0 Å². The normalized spacial score (nSPS) is 16.0. The van der Waals surface area contributed by atoms with Crippen LogP contribution in [-0.2, 0) is 13.1 Å². The summed E-state index contributed by atoms with van der Waals surface area (Å²) in [5.41, 5.74) is 5.25. The number of carbonyl (C=O) groups is 1. The van der Waals surface area contributed by atoms with Gasteiger partial charge in [0.1, 0.15) is 5.75 Å². The zero-order chi connectivity index (χ0) is 22.3. The number of hydrogen-bond acceptors (Lipinski definition) is 4. The van der Waals surface area contributed by atoms with E-state index < -0.39 is 0 Å². The van der Waals surface area contributed by atoms with Crippen molar-refractivity contribution in [2.75, 3.05) is 19.0 Å². The predicted octanol–water partition coefficient (Wildman–Crippen LogP) is 5.06. The van der Waals surface area contributed by atoms with Crippen LogP contribution < -0.4 is 15.4 Å². The molecule has 0 saturated carbocycles. The van der Waals surface area contributed by atoms with Crippen molar-refractivity contribution in [1.82, 2.24) is 15.2 Å². The largest absolute Gasteiger partial charge is 0.497 e. The number of likely N-dealkylation sites (tertiary alicyclic amines) is 1. The van der Waals surface area contributed by atoms with E-state index in [9.17, 15) is 4.79 Å². The molecule has 166 valence electrons. The number of ether oxygens (including phenoxy) is 1. The van der Waals surface area contributed by atoms with E-state index in [4.69, 9.17) is 9.72 Å². The average Bonchev–Trinajstić information content (AvgIpc) is 3.27. The van der Waals surface area contributed by atoms with Crippen LogP contribution in [0.25, 0.3) is 0 Å². The standard InChI is InChI=1S/C26H30N4O2/c1-19-5-3-6-24(28-19)25-7-4-16-30(25)18-21-8-12-22(13-9-21)29-26(31)27-17-20-10-14-23(32-2)15-11-20/h3,5-6,8-15,25H,4,7,16-18H2,1-2H3,(H2,27,29,31)/t25-/m0/s1. The maximum atomic E-state index is 12.2. The summed E-state index contributed by atoms with van der Waals surface area (Å²) in [7, 11) is 1.64. The number of aromatic nitrogens is 1. The van der Waals surface area contributed by atoms with Gasteiger partial charge < -0.3 is 15.4 Å². The number of hydrogen-bond donors (Lipinski definition) is 2. The van der Waals surface area contributed by atoms with Gasteiger partial charge in [-0.3, -0.25) is 9.88 Å². The van der Waals surface area contributed by atoms with Crippen molar-refractivity contribution in [2.24, 2.45) is 0 Å². The molecular weight excluding hydrogens is 400 g/mol. The monoisotopic (exact) mass is 430 g/mol. The number of pyridine rings is 1. The van der Waals surface area contributed by atoms with E-state index in [0.717, 1.165) is 47.9 Å². The highest BCUT2D eigenvalue weighted by Crippen LogP contribution is 2.32. The van der Waals surface area contributed by atoms with Crippen LogP contribution in [-0.4, -0.2) is 29.6 Å². The zero-order valence-electron chi connectivity index (χ0n) is 18.7. The summed E-state index contributed by atoms with van der Waals surface area (Å²) in [5, 5.41) is 5.78. The Bertz CT molecular complexity index is 1030. The van der Waals surface area contributed by atoms with Crippen LogP contribution in [0.3, 0.4) is 0 Å². The highest BCUT2D eigenvalue weighted by Gasteiger charge is 2.26. The lowest BCUT2D eigenvalue weighted by Gasteiger charge is -2.24. The molecule has 6 nitrogen and oxygen atoms in total. The molecule has 2 amide bonds. The second kappa shape index (κ2) is 10.3. The van der Waals surface area contributed by atoms with Gasteiger partial charge in [-0.25, -0.2) is 4.79 Å². The minimum atomic E-state index is -0.223. The molecule has 0 unspecified atom stereocenters. The molecule has 2 N–H and O–H groups in total. The van der Waals surface area contributed by atoms with Crippen LogP contribution >= 0.6 is 0 Å². The van der Waals surface area contributed by atoms with Gasteiger partial charge >= 0.3 is 6.03 Å². The number of amides is 2. The molecule has 1 aliphatic heterocycles. The first-order valence-electron chi connectivity index (χ1n) is 11.0. The zero-order valence-corrected chi connectivity index (χ0v) is 18.7. The molecule has 1 aliphatic rings. The van der Waals surface area contributed by atoms with Crippen LogP contribution in [0.5, 0.6) is 5.75 Å². The maximum Gasteiger partial charge on any atom is 0.319 e. The smallest absolute Gasteiger partial charge is 0.319 e. The molecule has 2 aromatic carbocycles. The first-order valence-corrected chi connectivity index (χ1v) is 11.0. The van der Waals surface area contributed by atoms with E-state index in [1.807, 2.05) is 49.4 Å². The highest BCUT2D eigenvalue weighted by molar-refractivity contribution is 5.89. The molecular formula is C26H30N4O2. The van der Waals surface area contributed by atoms with Gasteiger partial charge in [0.05, 0.1) is 18.8 Å². The summed E-state index contributed by atoms with van der Waals surface area (Å²) in [4.78, 5) is 19.5. The maximum absolute atomic E-state index is 12.2. The number of urea groups is 1. The van der Waals surface area contributed by atoms with Gasteiger partial charge in [0, 0.05) is 24.5 Å². The number of nitrogens with one attached hydrogen (secondary N) is 2. The molecule has 32 heavy (non-hydrogen) atoms. The lowest BCUT2D eigenvalue weighted by atomic mass is 10.1. The Morgan fingerprint density at radius 1 is 1.06 bits per heavy atom. The first-order chi connectivity index (χ1) is 15.6. The van der Waals surface area contributed by atoms with E-state index in [1.165, 1.54) is 12.0 Å². The number of anilines is 1. The van der Waals surface area contributed by atoms with E-state index in [-0.39, 0.29) is 6.03 Å². The van der Waals surface area contributed by atoms with Gasteiger partial charge in [-0.1, -0.05) is 30.3 Å². The van der Waals surface area contributed by atoms with Gasteiger partial charge in [0.25, 0.3) is 0 Å². The molecule has 1 fully saturated rings. The van der Waals surface area contributed by atoms with Crippen LogP contribution in [0, 0.1) is 6.92 Å². The number of nitrogens with zero attached hydrogens (tertiary/aromatic N) is 2. The van der Waals surface area contributed by atoms with Crippen molar-refractivity contribution in [2.45, 2.75) is 38.9 Å². The Balaban J connectivity index is 1.29. The second-order valence-electron chi connectivity index (χ2n) is 8.19.